The molecule has 1 atom stereocenters. The third-order valence-corrected chi connectivity index (χ3v) is 2.19. The van der Waals surface area contributed by atoms with E-state index >= 15 is 0 Å². The quantitative estimate of drug-likeness (QED) is 0.727. The minimum Gasteiger partial charge on any atom is -0.480 e. The summed E-state index contributed by atoms with van der Waals surface area (Å²) in [6.45, 7) is 2.72. The summed E-state index contributed by atoms with van der Waals surface area (Å²) >= 11 is 0. The smallest absolute Gasteiger partial charge is 0.320 e. The van der Waals surface area contributed by atoms with Gasteiger partial charge >= 0.3 is 5.97 Å². The highest BCUT2D eigenvalue weighted by molar-refractivity contribution is 5.98. The summed E-state index contributed by atoms with van der Waals surface area (Å²) in [6, 6.07) is -0.814. The highest BCUT2D eigenvalue weighted by Crippen LogP contribution is 2.15. The van der Waals surface area contributed by atoms with Gasteiger partial charge in [0.2, 0.25) is 0 Å². The first kappa shape index (κ1) is 11.7. The zero-order valence-electron chi connectivity index (χ0n) is 8.81. The monoisotopic (exact) mass is 208 g/mol. The Morgan fingerprint density at radius 1 is 1.73 bits per heavy atom. The molecule has 0 saturated heterocycles. The summed E-state index contributed by atoms with van der Waals surface area (Å²) in [5.74, 6) is -0.959. The van der Waals surface area contributed by atoms with Crippen LogP contribution < -0.4 is 5.73 Å². The van der Waals surface area contributed by atoms with Crippen LogP contribution in [-0.2, 0) is 4.79 Å². The molecule has 0 radical (unpaired) electrons. The Morgan fingerprint density at radius 2 is 2.47 bits per heavy atom. The third kappa shape index (κ3) is 3.67. The molecular weight excluding hydrogens is 192 g/mol. The van der Waals surface area contributed by atoms with Crippen LogP contribution >= 0.6 is 0 Å². The van der Waals surface area contributed by atoms with E-state index in [4.69, 9.17) is 10.8 Å². The number of nitrogens with two attached hydrogens (primary N) is 1. The predicted octanol–water partition coefficient (Wildman–Crippen LogP) is 1.14. The fourth-order valence-corrected chi connectivity index (χ4v) is 1.47. The average Bonchev–Trinajstić information content (AvgIpc) is 2.18. The standard InChI is InChI=1S/C11H16N2O2/c1-2-13-9-5-3-4-8(6-9)7-10(12)11(14)15/h3-5,10H,2,6-7,12H2,1H3,(H,14,15)/b13-9-. The van der Waals surface area contributed by atoms with Gasteiger partial charge in [-0.3, -0.25) is 9.79 Å². The van der Waals surface area contributed by atoms with Crippen LogP contribution in [0.4, 0.5) is 0 Å². The fraction of sp³-hybridized carbons (Fsp3) is 0.455. The molecule has 0 aromatic carbocycles. The molecule has 15 heavy (non-hydrogen) atoms. The molecule has 0 fully saturated rings. The second kappa shape index (κ2) is 5.46. The maximum Gasteiger partial charge on any atom is 0.320 e. The molecule has 4 heteroatoms. The van der Waals surface area contributed by atoms with Crippen LogP contribution in [0.2, 0.25) is 0 Å². The number of nitrogens with zero attached hydrogens (tertiary/aromatic N) is 1. The van der Waals surface area contributed by atoms with Crippen molar-refractivity contribution in [3.63, 3.8) is 0 Å². The summed E-state index contributed by atoms with van der Waals surface area (Å²) < 4.78 is 0. The van der Waals surface area contributed by atoms with E-state index in [9.17, 15) is 4.79 Å². The highest BCUT2D eigenvalue weighted by Gasteiger charge is 2.15. The van der Waals surface area contributed by atoms with Gasteiger partial charge in [-0.2, -0.15) is 0 Å². The number of carboxylic acids is 1. The summed E-state index contributed by atoms with van der Waals surface area (Å²) in [5.41, 5.74) is 7.48. The Balaban J connectivity index is 2.58. The Kier molecular flexibility index (Phi) is 4.24. The molecule has 0 heterocycles. The molecule has 0 saturated carbocycles. The Labute approximate surface area is 89.2 Å². The molecule has 82 valence electrons. The zero-order valence-corrected chi connectivity index (χ0v) is 8.81. The van der Waals surface area contributed by atoms with Crippen molar-refractivity contribution in [3.05, 3.63) is 23.8 Å². The first-order valence-corrected chi connectivity index (χ1v) is 5.01. The van der Waals surface area contributed by atoms with Gasteiger partial charge in [0.1, 0.15) is 6.04 Å². The number of rotatable bonds is 4. The van der Waals surface area contributed by atoms with Crippen molar-refractivity contribution in [2.75, 3.05) is 6.54 Å². The Hall–Kier alpha value is -1.42. The number of hydrogen-bond acceptors (Lipinski definition) is 3. The van der Waals surface area contributed by atoms with E-state index in [-0.39, 0.29) is 0 Å². The van der Waals surface area contributed by atoms with E-state index in [0.717, 1.165) is 17.8 Å². The van der Waals surface area contributed by atoms with Crippen molar-refractivity contribution >= 4 is 11.7 Å². The molecule has 1 rings (SSSR count). The van der Waals surface area contributed by atoms with E-state index in [1.165, 1.54) is 0 Å². The molecule has 4 nitrogen and oxygen atoms in total. The van der Waals surface area contributed by atoms with Gasteiger partial charge in [0.15, 0.2) is 0 Å². The average molecular weight is 208 g/mol. The van der Waals surface area contributed by atoms with Gasteiger partial charge < -0.3 is 10.8 Å². The maximum atomic E-state index is 10.6. The van der Waals surface area contributed by atoms with Crippen molar-refractivity contribution in [1.82, 2.24) is 0 Å². The molecule has 0 spiro atoms. The first-order chi connectivity index (χ1) is 7.13. The summed E-state index contributed by atoms with van der Waals surface area (Å²) in [6.07, 6.45) is 6.85. The highest BCUT2D eigenvalue weighted by atomic mass is 16.4. The molecular formula is C11H16N2O2. The summed E-state index contributed by atoms with van der Waals surface area (Å²) in [7, 11) is 0. The molecule has 1 aliphatic carbocycles. The molecule has 3 N–H and O–H groups in total. The van der Waals surface area contributed by atoms with Gasteiger partial charge in [-0.1, -0.05) is 17.7 Å². The lowest BCUT2D eigenvalue weighted by Crippen LogP contribution is -2.30. The lowest BCUT2D eigenvalue weighted by Gasteiger charge is -2.13. The van der Waals surface area contributed by atoms with Gasteiger partial charge in [0.05, 0.1) is 0 Å². The van der Waals surface area contributed by atoms with Gasteiger partial charge in [-0.05, 0) is 19.4 Å². The van der Waals surface area contributed by atoms with Crippen molar-refractivity contribution in [1.29, 1.82) is 0 Å². The maximum absolute atomic E-state index is 10.6. The van der Waals surface area contributed by atoms with E-state index in [2.05, 4.69) is 4.99 Å². The summed E-state index contributed by atoms with van der Waals surface area (Å²) in [5, 5.41) is 8.68. The van der Waals surface area contributed by atoms with Crippen LogP contribution in [0.3, 0.4) is 0 Å². The number of carbonyl (C=O) groups is 1. The number of aliphatic imine (C=N–C) groups is 1. The first-order valence-electron chi connectivity index (χ1n) is 5.01. The molecule has 1 unspecified atom stereocenters. The second-order valence-electron chi connectivity index (χ2n) is 3.48. The minimum absolute atomic E-state index is 0.391. The Morgan fingerprint density at radius 3 is 3.07 bits per heavy atom. The third-order valence-electron chi connectivity index (χ3n) is 2.19. The van der Waals surface area contributed by atoms with Crippen LogP contribution in [0.5, 0.6) is 0 Å². The van der Waals surface area contributed by atoms with Gasteiger partial charge in [0.25, 0.3) is 0 Å². The lowest BCUT2D eigenvalue weighted by molar-refractivity contribution is -0.138. The van der Waals surface area contributed by atoms with Crippen LogP contribution in [-0.4, -0.2) is 29.4 Å². The van der Waals surface area contributed by atoms with Crippen molar-refractivity contribution in [2.24, 2.45) is 10.7 Å². The van der Waals surface area contributed by atoms with Gasteiger partial charge in [-0.15, -0.1) is 0 Å². The minimum atomic E-state index is -0.959. The second-order valence-corrected chi connectivity index (χ2v) is 3.48. The number of allylic oxidation sites excluding steroid dienone is 3. The van der Waals surface area contributed by atoms with Crippen LogP contribution in [0.15, 0.2) is 28.8 Å². The van der Waals surface area contributed by atoms with E-state index < -0.39 is 12.0 Å². The van der Waals surface area contributed by atoms with Gasteiger partial charge in [0, 0.05) is 18.7 Å². The lowest BCUT2D eigenvalue weighted by atomic mass is 9.97. The number of hydrogen-bond donors (Lipinski definition) is 2. The fourth-order valence-electron chi connectivity index (χ4n) is 1.47. The normalized spacial score (nSPS) is 20.1. The zero-order chi connectivity index (χ0) is 11.3. The Bertz CT molecular complexity index is 329. The topological polar surface area (TPSA) is 75.7 Å². The van der Waals surface area contributed by atoms with Crippen molar-refractivity contribution < 1.29 is 9.90 Å². The molecule has 0 bridgehead atoms. The molecule has 0 aromatic heterocycles. The molecule has 0 aromatic rings. The number of aliphatic carboxylic acids is 1. The van der Waals surface area contributed by atoms with E-state index in [0.29, 0.717) is 12.8 Å². The molecule has 0 aliphatic heterocycles. The molecule has 1 aliphatic rings. The van der Waals surface area contributed by atoms with Crippen LogP contribution in [0, 0.1) is 0 Å². The van der Waals surface area contributed by atoms with Crippen molar-refractivity contribution in [3.8, 4) is 0 Å². The van der Waals surface area contributed by atoms with E-state index in [1.54, 1.807) is 0 Å². The summed E-state index contributed by atoms with van der Waals surface area (Å²) in [4.78, 5) is 14.9. The van der Waals surface area contributed by atoms with Crippen LogP contribution in [0.1, 0.15) is 19.8 Å². The predicted molar refractivity (Wildman–Crippen MR) is 60.0 cm³/mol. The largest absolute Gasteiger partial charge is 0.480 e. The van der Waals surface area contributed by atoms with Crippen LogP contribution in [0.25, 0.3) is 0 Å². The van der Waals surface area contributed by atoms with E-state index in [1.807, 2.05) is 25.2 Å². The van der Waals surface area contributed by atoms with Crippen molar-refractivity contribution in [2.45, 2.75) is 25.8 Å². The number of carboxylic acid groups (broad SMARTS) is 1. The molecule has 0 amide bonds. The SMILES string of the molecule is CC/N=C1/C=CC=C(CC(N)C(=O)O)C1. The van der Waals surface area contributed by atoms with Gasteiger partial charge in [-0.25, -0.2) is 0 Å².